The van der Waals surface area contributed by atoms with Crippen LogP contribution >= 0.6 is 0 Å². The normalized spacial score (nSPS) is 12.8. The van der Waals surface area contributed by atoms with Gasteiger partial charge in [0.15, 0.2) is 0 Å². The standard InChI is InChI=1S/C15H24N2O4S/c1-11-7-6-8-12(2)15(11)17(22(5,19)20)9-14(18)16-13(3)10-21-4/h6-8,13H,9-10H2,1-5H3,(H,16,18)/t13-/m1/s1. The number of amides is 1. The molecule has 0 fully saturated rings. The first kappa shape index (κ1) is 18.4. The molecule has 1 aromatic carbocycles. The van der Waals surface area contributed by atoms with Crippen LogP contribution in [0.2, 0.25) is 0 Å². The molecule has 1 N–H and O–H groups in total. The van der Waals surface area contributed by atoms with Gasteiger partial charge in [-0.3, -0.25) is 9.10 Å². The lowest BCUT2D eigenvalue weighted by Crippen LogP contribution is -2.44. The predicted molar refractivity (Wildman–Crippen MR) is 87.6 cm³/mol. The van der Waals surface area contributed by atoms with E-state index in [1.807, 2.05) is 32.0 Å². The summed E-state index contributed by atoms with van der Waals surface area (Å²) < 4.78 is 30.3. The van der Waals surface area contributed by atoms with E-state index in [1.54, 1.807) is 14.0 Å². The Morgan fingerprint density at radius 2 is 1.86 bits per heavy atom. The zero-order chi connectivity index (χ0) is 16.9. The Labute approximate surface area is 132 Å². The number of carbonyl (C=O) groups is 1. The van der Waals surface area contributed by atoms with Crippen LogP contribution in [0.3, 0.4) is 0 Å². The molecule has 7 heteroatoms. The first-order valence-corrected chi connectivity index (χ1v) is 8.84. The molecule has 0 aliphatic heterocycles. The maximum absolute atomic E-state index is 12.1. The molecule has 1 rings (SSSR count). The molecule has 0 aliphatic carbocycles. The topological polar surface area (TPSA) is 75.7 Å². The molecule has 0 spiro atoms. The number of carbonyl (C=O) groups excluding carboxylic acids is 1. The van der Waals surface area contributed by atoms with Gasteiger partial charge in [-0.25, -0.2) is 8.42 Å². The molecule has 0 aliphatic rings. The average molecular weight is 328 g/mol. The van der Waals surface area contributed by atoms with Crippen LogP contribution in [0.1, 0.15) is 18.1 Å². The maximum atomic E-state index is 12.1. The van der Waals surface area contributed by atoms with Crippen molar-refractivity contribution in [1.82, 2.24) is 5.32 Å². The maximum Gasteiger partial charge on any atom is 0.241 e. The Kier molecular flexibility index (Phi) is 6.37. The Balaban J connectivity index is 3.04. The SMILES string of the molecule is COC[C@@H](C)NC(=O)CN(c1c(C)cccc1C)S(C)(=O)=O. The second-order valence-corrected chi connectivity index (χ2v) is 7.34. The van der Waals surface area contributed by atoms with Gasteiger partial charge in [0.05, 0.1) is 18.6 Å². The van der Waals surface area contributed by atoms with Crippen LogP contribution in [0.25, 0.3) is 0 Å². The van der Waals surface area contributed by atoms with Gasteiger partial charge in [-0.1, -0.05) is 18.2 Å². The van der Waals surface area contributed by atoms with Crippen LogP contribution in [-0.4, -0.2) is 46.9 Å². The lowest BCUT2D eigenvalue weighted by molar-refractivity contribution is -0.120. The second-order valence-electron chi connectivity index (χ2n) is 5.43. The number of nitrogens with zero attached hydrogens (tertiary/aromatic N) is 1. The first-order valence-electron chi connectivity index (χ1n) is 6.99. The number of sulfonamides is 1. The van der Waals surface area contributed by atoms with Crippen LogP contribution in [-0.2, 0) is 19.6 Å². The van der Waals surface area contributed by atoms with Gasteiger partial charge in [0.1, 0.15) is 6.54 Å². The van der Waals surface area contributed by atoms with Crippen LogP contribution in [0.15, 0.2) is 18.2 Å². The summed E-state index contributed by atoms with van der Waals surface area (Å²) in [5.74, 6) is -0.363. The lowest BCUT2D eigenvalue weighted by atomic mass is 10.1. The van der Waals surface area contributed by atoms with E-state index in [-0.39, 0.29) is 18.5 Å². The fourth-order valence-corrected chi connectivity index (χ4v) is 3.28. The van der Waals surface area contributed by atoms with Crippen molar-refractivity contribution in [1.29, 1.82) is 0 Å². The number of hydrogen-bond acceptors (Lipinski definition) is 4. The Hall–Kier alpha value is -1.60. The molecule has 1 atom stereocenters. The molecule has 0 radical (unpaired) electrons. The molecule has 1 amide bonds. The van der Waals surface area contributed by atoms with Crippen molar-refractivity contribution < 1.29 is 17.9 Å². The van der Waals surface area contributed by atoms with E-state index >= 15 is 0 Å². The lowest BCUT2D eigenvalue weighted by Gasteiger charge is -2.26. The third-order valence-electron chi connectivity index (χ3n) is 3.20. The fourth-order valence-electron chi connectivity index (χ4n) is 2.30. The fraction of sp³-hybridized carbons (Fsp3) is 0.533. The summed E-state index contributed by atoms with van der Waals surface area (Å²) >= 11 is 0. The molecule has 0 aromatic heterocycles. The average Bonchev–Trinajstić information content (AvgIpc) is 2.36. The highest BCUT2D eigenvalue weighted by molar-refractivity contribution is 7.92. The summed E-state index contributed by atoms with van der Waals surface area (Å²) in [6.45, 7) is 5.57. The zero-order valence-corrected chi connectivity index (χ0v) is 14.5. The van der Waals surface area contributed by atoms with Crippen LogP contribution in [0.4, 0.5) is 5.69 Å². The molecule has 0 unspecified atom stereocenters. The molecule has 1 aromatic rings. The van der Waals surface area contributed by atoms with Crippen molar-refractivity contribution in [2.75, 3.05) is 30.8 Å². The van der Waals surface area contributed by atoms with Gasteiger partial charge < -0.3 is 10.1 Å². The van der Waals surface area contributed by atoms with Crippen molar-refractivity contribution in [3.63, 3.8) is 0 Å². The monoisotopic (exact) mass is 328 g/mol. The van der Waals surface area contributed by atoms with E-state index < -0.39 is 10.0 Å². The predicted octanol–water partition coefficient (Wildman–Crippen LogP) is 1.22. The number of rotatable bonds is 7. The molecule has 0 bridgehead atoms. The van der Waals surface area contributed by atoms with E-state index in [0.29, 0.717) is 12.3 Å². The van der Waals surface area contributed by atoms with Crippen LogP contribution in [0, 0.1) is 13.8 Å². The van der Waals surface area contributed by atoms with Gasteiger partial charge in [0, 0.05) is 13.2 Å². The minimum atomic E-state index is -3.56. The van der Waals surface area contributed by atoms with E-state index in [2.05, 4.69) is 5.32 Å². The molecule has 0 saturated heterocycles. The third-order valence-corrected chi connectivity index (χ3v) is 4.31. The Bertz CT molecular complexity index is 608. The highest BCUT2D eigenvalue weighted by Crippen LogP contribution is 2.26. The van der Waals surface area contributed by atoms with Crippen molar-refractivity contribution >= 4 is 21.6 Å². The number of ether oxygens (including phenoxy) is 1. The van der Waals surface area contributed by atoms with E-state index in [9.17, 15) is 13.2 Å². The summed E-state index contributed by atoms with van der Waals surface area (Å²) in [6, 6.07) is 5.32. The van der Waals surface area contributed by atoms with Gasteiger partial charge >= 0.3 is 0 Å². The number of methoxy groups -OCH3 is 1. The number of aryl methyl sites for hydroxylation is 2. The molecule has 124 valence electrons. The quantitative estimate of drug-likeness (QED) is 0.816. The van der Waals surface area contributed by atoms with E-state index in [4.69, 9.17) is 4.74 Å². The summed E-state index contributed by atoms with van der Waals surface area (Å²) in [5, 5.41) is 2.72. The number of benzene rings is 1. The molecule has 0 saturated carbocycles. The van der Waals surface area contributed by atoms with Gasteiger partial charge in [-0.05, 0) is 31.9 Å². The van der Waals surface area contributed by atoms with Gasteiger partial charge in [-0.15, -0.1) is 0 Å². The molecule has 22 heavy (non-hydrogen) atoms. The van der Waals surface area contributed by atoms with Gasteiger partial charge in [0.2, 0.25) is 15.9 Å². The van der Waals surface area contributed by atoms with Crippen molar-refractivity contribution in [3.05, 3.63) is 29.3 Å². The molecule has 0 heterocycles. The minimum Gasteiger partial charge on any atom is -0.383 e. The second kappa shape index (κ2) is 7.60. The number of nitrogens with one attached hydrogen (secondary N) is 1. The van der Waals surface area contributed by atoms with Crippen LogP contribution < -0.4 is 9.62 Å². The smallest absolute Gasteiger partial charge is 0.241 e. The molecular formula is C15H24N2O4S. The summed E-state index contributed by atoms with van der Waals surface area (Å²) in [7, 11) is -2.02. The summed E-state index contributed by atoms with van der Waals surface area (Å²) in [4.78, 5) is 12.1. The zero-order valence-electron chi connectivity index (χ0n) is 13.7. The van der Waals surface area contributed by atoms with E-state index in [0.717, 1.165) is 21.7 Å². The summed E-state index contributed by atoms with van der Waals surface area (Å²) in [5.41, 5.74) is 2.17. The van der Waals surface area contributed by atoms with Gasteiger partial charge in [0.25, 0.3) is 0 Å². The van der Waals surface area contributed by atoms with Crippen molar-refractivity contribution in [2.24, 2.45) is 0 Å². The van der Waals surface area contributed by atoms with E-state index in [1.165, 1.54) is 0 Å². The van der Waals surface area contributed by atoms with Crippen molar-refractivity contribution in [3.8, 4) is 0 Å². The minimum absolute atomic E-state index is 0.183. The van der Waals surface area contributed by atoms with Crippen LogP contribution in [0.5, 0.6) is 0 Å². The van der Waals surface area contributed by atoms with Gasteiger partial charge in [-0.2, -0.15) is 0 Å². The number of anilines is 1. The number of hydrogen-bond donors (Lipinski definition) is 1. The highest BCUT2D eigenvalue weighted by Gasteiger charge is 2.24. The summed E-state index contributed by atoms with van der Waals surface area (Å²) in [6.07, 6.45) is 1.10. The molecular weight excluding hydrogens is 304 g/mol. The Morgan fingerprint density at radius 3 is 2.32 bits per heavy atom. The highest BCUT2D eigenvalue weighted by atomic mass is 32.2. The molecule has 6 nitrogen and oxygen atoms in total. The largest absolute Gasteiger partial charge is 0.383 e. The first-order chi connectivity index (χ1) is 10.2. The Morgan fingerprint density at radius 1 is 1.32 bits per heavy atom. The number of para-hydroxylation sites is 1. The van der Waals surface area contributed by atoms with Crippen molar-refractivity contribution in [2.45, 2.75) is 26.8 Å². The third kappa shape index (κ3) is 4.99.